The second-order valence-corrected chi connectivity index (χ2v) is 3.78. The summed E-state index contributed by atoms with van der Waals surface area (Å²) in [6, 6.07) is 0. The molecule has 0 amide bonds. The van der Waals surface area contributed by atoms with E-state index >= 15 is 0 Å². The quantitative estimate of drug-likeness (QED) is 0.626. The minimum atomic E-state index is 0.872. The first-order valence-electron chi connectivity index (χ1n) is 5.07. The fraction of sp³-hybridized carbons (Fsp3) is 0.636. The van der Waals surface area contributed by atoms with Crippen LogP contribution >= 0.6 is 0 Å². The van der Waals surface area contributed by atoms with E-state index in [9.17, 15) is 0 Å². The van der Waals surface area contributed by atoms with E-state index in [0.29, 0.717) is 0 Å². The maximum atomic E-state index is 3.20. The van der Waals surface area contributed by atoms with Crippen LogP contribution in [0.4, 0.5) is 0 Å². The van der Waals surface area contributed by atoms with E-state index in [1.807, 2.05) is 0 Å². The monoisotopic (exact) mass is 163 g/mol. The Balaban J connectivity index is 1.97. The van der Waals surface area contributed by atoms with Crippen LogP contribution in [0.15, 0.2) is 23.9 Å². The molecule has 1 fully saturated rings. The molecule has 0 unspecified atom stereocenters. The Morgan fingerprint density at radius 1 is 1.17 bits per heavy atom. The molecule has 1 heterocycles. The molecular weight excluding hydrogens is 146 g/mol. The highest BCUT2D eigenvalue weighted by Gasteiger charge is 2.16. The summed E-state index contributed by atoms with van der Waals surface area (Å²) < 4.78 is 0. The predicted octanol–water partition coefficient (Wildman–Crippen LogP) is 2.61. The third kappa shape index (κ3) is 1.71. The van der Waals surface area contributed by atoms with Crippen molar-refractivity contribution < 1.29 is 0 Å². The fourth-order valence-corrected chi connectivity index (χ4v) is 2.21. The van der Waals surface area contributed by atoms with Gasteiger partial charge in [0.15, 0.2) is 0 Å². The molecule has 1 aliphatic carbocycles. The van der Waals surface area contributed by atoms with Gasteiger partial charge < -0.3 is 5.32 Å². The molecule has 0 aromatic rings. The zero-order chi connectivity index (χ0) is 8.23. The lowest BCUT2D eigenvalue weighted by Gasteiger charge is -2.24. The van der Waals surface area contributed by atoms with Gasteiger partial charge in [0, 0.05) is 6.54 Å². The van der Waals surface area contributed by atoms with Gasteiger partial charge in [-0.05, 0) is 36.6 Å². The Kier molecular flexibility index (Phi) is 2.50. The molecule has 1 N–H and O–H groups in total. The molecule has 1 nitrogen and oxygen atoms in total. The summed E-state index contributed by atoms with van der Waals surface area (Å²) in [7, 11) is 0. The number of allylic oxidation sites excluding steroid dienone is 2. The largest absolute Gasteiger partial charge is 0.387 e. The molecule has 1 heteroatoms. The molecule has 2 aliphatic rings. The maximum absolute atomic E-state index is 3.20. The van der Waals surface area contributed by atoms with Crippen LogP contribution in [0, 0.1) is 5.92 Å². The first-order valence-corrected chi connectivity index (χ1v) is 5.07. The van der Waals surface area contributed by atoms with E-state index in [1.165, 1.54) is 32.1 Å². The van der Waals surface area contributed by atoms with Crippen molar-refractivity contribution in [1.29, 1.82) is 0 Å². The second-order valence-electron chi connectivity index (χ2n) is 3.78. The molecule has 2 rings (SSSR count). The summed E-state index contributed by atoms with van der Waals surface area (Å²) >= 11 is 0. The fourth-order valence-electron chi connectivity index (χ4n) is 2.21. The predicted molar refractivity (Wildman–Crippen MR) is 51.8 cm³/mol. The first-order chi connectivity index (χ1) is 5.97. The lowest BCUT2D eigenvalue weighted by atomic mass is 9.83. The standard InChI is InChI=1S/C11H17N/c1-2-4-10(5-3-1)11-6-8-12-9-7-11/h6-8,10,12H,1-5,9H2. The van der Waals surface area contributed by atoms with Crippen molar-refractivity contribution in [3.63, 3.8) is 0 Å². The van der Waals surface area contributed by atoms with Crippen molar-refractivity contribution in [2.45, 2.75) is 32.1 Å². The highest BCUT2D eigenvalue weighted by Crippen LogP contribution is 2.30. The van der Waals surface area contributed by atoms with Crippen LogP contribution in [0.1, 0.15) is 32.1 Å². The minimum Gasteiger partial charge on any atom is -0.387 e. The van der Waals surface area contributed by atoms with Crippen LogP contribution < -0.4 is 5.32 Å². The van der Waals surface area contributed by atoms with E-state index in [1.54, 1.807) is 5.57 Å². The topological polar surface area (TPSA) is 12.0 Å². The average Bonchev–Trinajstić information content (AvgIpc) is 2.21. The van der Waals surface area contributed by atoms with Crippen molar-refractivity contribution in [3.05, 3.63) is 23.9 Å². The Labute approximate surface area is 74.5 Å². The van der Waals surface area contributed by atoms with Crippen molar-refractivity contribution in [1.82, 2.24) is 5.32 Å². The van der Waals surface area contributed by atoms with Gasteiger partial charge in [-0.1, -0.05) is 25.3 Å². The number of rotatable bonds is 1. The highest BCUT2D eigenvalue weighted by molar-refractivity contribution is 5.25. The Bertz CT molecular complexity index is 197. The van der Waals surface area contributed by atoms with Crippen molar-refractivity contribution in [3.8, 4) is 0 Å². The molecule has 0 bridgehead atoms. The Morgan fingerprint density at radius 2 is 2.00 bits per heavy atom. The SMILES string of the molecule is C1=CC(C2CCCCC2)=CCN1. The van der Waals surface area contributed by atoms with E-state index in [-0.39, 0.29) is 0 Å². The van der Waals surface area contributed by atoms with E-state index in [4.69, 9.17) is 0 Å². The molecule has 66 valence electrons. The van der Waals surface area contributed by atoms with Crippen LogP contribution in [0.3, 0.4) is 0 Å². The van der Waals surface area contributed by atoms with Crippen LogP contribution in [-0.2, 0) is 0 Å². The molecule has 0 atom stereocenters. The molecule has 0 spiro atoms. The minimum absolute atomic E-state index is 0.872. The van der Waals surface area contributed by atoms with Gasteiger partial charge >= 0.3 is 0 Å². The summed E-state index contributed by atoms with van der Waals surface area (Å²) in [5.74, 6) is 0.872. The molecule has 0 radical (unpaired) electrons. The summed E-state index contributed by atoms with van der Waals surface area (Å²) in [6.07, 6.45) is 13.8. The first kappa shape index (κ1) is 7.90. The van der Waals surface area contributed by atoms with Crippen molar-refractivity contribution in [2.24, 2.45) is 5.92 Å². The Morgan fingerprint density at radius 3 is 2.67 bits per heavy atom. The third-order valence-electron chi connectivity index (χ3n) is 2.93. The van der Waals surface area contributed by atoms with E-state index in [0.717, 1.165) is 12.5 Å². The molecule has 1 aliphatic heterocycles. The summed E-state index contributed by atoms with van der Waals surface area (Å²) in [6.45, 7) is 1.03. The molecule has 0 aromatic carbocycles. The lowest BCUT2D eigenvalue weighted by molar-refractivity contribution is 0.407. The second kappa shape index (κ2) is 3.79. The molecule has 0 saturated heterocycles. The van der Waals surface area contributed by atoms with Crippen LogP contribution in [0.2, 0.25) is 0 Å². The highest BCUT2D eigenvalue weighted by atomic mass is 14.8. The smallest absolute Gasteiger partial charge is 0.0331 e. The number of dihydropyridines is 1. The Hall–Kier alpha value is -0.720. The molecule has 12 heavy (non-hydrogen) atoms. The van der Waals surface area contributed by atoms with E-state index in [2.05, 4.69) is 23.7 Å². The normalized spacial score (nSPS) is 24.8. The summed E-state index contributed by atoms with van der Waals surface area (Å²) in [5.41, 5.74) is 1.58. The molecule has 1 saturated carbocycles. The van der Waals surface area contributed by atoms with Gasteiger partial charge in [0.25, 0.3) is 0 Å². The van der Waals surface area contributed by atoms with Gasteiger partial charge in [-0.2, -0.15) is 0 Å². The van der Waals surface area contributed by atoms with Gasteiger partial charge in [0.1, 0.15) is 0 Å². The number of nitrogens with one attached hydrogen (secondary N) is 1. The zero-order valence-electron chi connectivity index (χ0n) is 7.55. The van der Waals surface area contributed by atoms with E-state index < -0.39 is 0 Å². The van der Waals surface area contributed by atoms with Crippen LogP contribution in [0.5, 0.6) is 0 Å². The van der Waals surface area contributed by atoms with Gasteiger partial charge in [0.2, 0.25) is 0 Å². The maximum Gasteiger partial charge on any atom is 0.0331 e. The van der Waals surface area contributed by atoms with Gasteiger partial charge in [-0.3, -0.25) is 0 Å². The van der Waals surface area contributed by atoms with Gasteiger partial charge in [0.05, 0.1) is 0 Å². The zero-order valence-corrected chi connectivity index (χ0v) is 7.55. The van der Waals surface area contributed by atoms with Gasteiger partial charge in [-0.25, -0.2) is 0 Å². The van der Waals surface area contributed by atoms with Gasteiger partial charge in [-0.15, -0.1) is 0 Å². The molecule has 0 aromatic heterocycles. The number of hydrogen-bond acceptors (Lipinski definition) is 1. The summed E-state index contributed by atoms with van der Waals surface area (Å²) in [4.78, 5) is 0. The van der Waals surface area contributed by atoms with Crippen molar-refractivity contribution in [2.75, 3.05) is 6.54 Å². The van der Waals surface area contributed by atoms with Crippen LogP contribution in [0.25, 0.3) is 0 Å². The van der Waals surface area contributed by atoms with Crippen LogP contribution in [-0.4, -0.2) is 6.54 Å². The average molecular weight is 163 g/mol. The third-order valence-corrected chi connectivity index (χ3v) is 2.93. The lowest BCUT2D eigenvalue weighted by Crippen LogP contribution is -2.15. The molecular formula is C11H17N. The summed E-state index contributed by atoms with van der Waals surface area (Å²) in [5, 5.41) is 3.20. The number of hydrogen-bond donors (Lipinski definition) is 1. The van der Waals surface area contributed by atoms with Crippen molar-refractivity contribution >= 4 is 0 Å².